The van der Waals surface area contributed by atoms with Gasteiger partial charge < -0.3 is 10.1 Å². The van der Waals surface area contributed by atoms with E-state index in [1.54, 1.807) is 31.2 Å². The number of nitrogens with one attached hydrogen (secondary N) is 1. The van der Waals surface area contributed by atoms with Crippen LogP contribution in [0.1, 0.15) is 29.8 Å². The largest absolute Gasteiger partial charge is 0.446 e. The average molecular weight is 245 g/mol. The number of amides is 1. The Bertz CT molecular complexity index is 471. The van der Waals surface area contributed by atoms with Crippen molar-refractivity contribution >= 4 is 11.9 Å². The van der Waals surface area contributed by atoms with Crippen molar-refractivity contribution in [3.05, 3.63) is 35.4 Å². The van der Waals surface area contributed by atoms with Gasteiger partial charge in [-0.1, -0.05) is 18.1 Å². The van der Waals surface area contributed by atoms with Gasteiger partial charge >= 0.3 is 5.97 Å². The lowest BCUT2D eigenvalue weighted by atomic mass is 10.1. The molecule has 0 fully saturated rings. The fraction of sp³-hybridized carbons (Fsp3) is 0.286. The van der Waals surface area contributed by atoms with Gasteiger partial charge in [0.15, 0.2) is 6.10 Å². The highest BCUT2D eigenvalue weighted by atomic mass is 16.5. The fourth-order valence-electron chi connectivity index (χ4n) is 1.25. The third kappa shape index (κ3) is 4.30. The van der Waals surface area contributed by atoms with Gasteiger partial charge in [-0.05, 0) is 24.6 Å². The topological polar surface area (TPSA) is 55.4 Å². The smallest absolute Gasteiger partial charge is 0.339 e. The standard InChI is InChI=1S/C14H15NO3/c1-4-10(2)18-14(17)13-7-5-12(6-8-13)9-15-11(3)16/h1,5-8,10H,9H2,2-3H3,(H,15,16)/t10-/m0/s1. The summed E-state index contributed by atoms with van der Waals surface area (Å²) >= 11 is 0. The fourth-order valence-corrected chi connectivity index (χ4v) is 1.25. The van der Waals surface area contributed by atoms with Gasteiger partial charge in [0.05, 0.1) is 5.56 Å². The van der Waals surface area contributed by atoms with E-state index in [-0.39, 0.29) is 5.91 Å². The lowest BCUT2D eigenvalue weighted by Gasteiger charge is -2.08. The van der Waals surface area contributed by atoms with Crippen molar-refractivity contribution in [2.24, 2.45) is 0 Å². The van der Waals surface area contributed by atoms with Crippen molar-refractivity contribution < 1.29 is 14.3 Å². The second-order valence-corrected chi connectivity index (χ2v) is 3.82. The third-order valence-corrected chi connectivity index (χ3v) is 2.25. The molecule has 0 aromatic heterocycles. The summed E-state index contributed by atoms with van der Waals surface area (Å²) in [7, 11) is 0. The predicted molar refractivity (Wildman–Crippen MR) is 67.7 cm³/mol. The Labute approximate surface area is 106 Å². The normalized spacial score (nSPS) is 11.2. The van der Waals surface area contributed by atoms with Gasteiger partial charge in [-0.15, -0.1) is 6.42 Å². The highest BCUT2D eigenvalue weighted by Crippen LogP contribution is 2.07. The lowest BCUT2D eigenvalue weighted by molar-refractivity contribution is -0.119. The minimum Gasteiger partial charge on any atom is -0.446 e. The molecule has 94 valence electrons. The van der Waals surface area contributed by atoms with Crippen molar-refractivity contribution in [1.29, 1.82) is 0 Å². The summed E-state index contributed by atoms with van der Waals surface area (Å²) in [5, 5.41) is 2.67. The Balaban J connectivity index is 2.62. The number of rotatable bonds is 4. The first-order valence-electron chi connectivity index (χ1n) is 5.53. The van der Waals surface area contributed by atoms with Crippen molar-refractivity contribution in [2.45, 2.75) is 26.5 Å². The zero-order valence-corrected chi connectivity index (χ0v) is 10.4. The summed E-state index contributed by atoms with van der Waals surface area (Å²) < 4.78 is 4.98. The molecule has 0 aliphatic rings. The van der Waals surface area contributed by atoms with Crippen molar-refractivity contribution in [3.63, 3.8) is 0 Å². The van der Waals surface area contributed by atoms with Gasteiger partial charge in [0.1, 0.15) is 0 Å². The van der Waals surface area contributed by atoms with E-state index in [0.29, 0.717) is 12.1 Å². The van der Waals surface area contributed by atoms with E-state index < -0.39 is 12.1 Å². The van der Waals surface area contributed by atoms with Crippen LogP contribution < -0.4 is 5.32 Å². The van der Waals surface area contributed by atoms with Crippen molar-refractivity contribution in [2.75, 3.05) is 0 Å². The number of terminal acetylenes is 1. The molecule has 0 heterocycles. The van der Waals surface area contributed by atoms with E-state index in [4.69, 9.17) is 11.2 Å². The highest BCUT2D eigenvalue weighted by molar-refractivity contribution is 5.89. The quantitative estimate of drug-likeness (QED) is 0.646. The Morgan fingerprint density at radius 3 is 2.50 bits per heavy atom. The van der Waals surface area contributed by atoms with Crippen LogP contribution in [0, 0.1) is 12.3 Å². The minimum atomic E-state index is -0.545. The van der Waals surface area contributed by atoms with Gasteiger partial charge in [-0.2, -0.15) is 0 Å². The molecule has 1 aromatic carbocycles. The Hall–Kier alpha value is -2.28. The van der Waals surface area contributed by atoms with E-state index in [2.05, 4.69) is 11.2 Å². The molecule has 0 radical (unpaired) electrons. The number of esters is 1. The summed E-state index contributed by atoms with van der Waals surface area (Å²) in [5.74, 6) is 1.77. The van der Waals surface area contributed by atoms with Crippen LogP contribution >= 0.6 is 0 Å². The number of ether oxygens (including phenoxy) is 1. The molecule has 1 aromatic rings. The van der Waals surface area contributed by atoms with E-state index >= 15 is 0 Å². The monoisotopic (exact) mass is 245 g/mol. The van der Waals surface area contributed by atoms with Gasteiger partial charge in [0.2, 0.25) is 5.91 Å². The van der Waals surface area contributed by atoms with E-state index in [0.717, 1.165) is 5.56 Å². The molecule has 0 bridgehead atoms. The minimum absolute atomic E-state index is 0.0960. The Morgan fingerprint density at radius 2 is 2.00 bits per heavy atom. The van der Waals surface area contributed by atoms with Gasteiger partial charge in [0.25, 0.3) is 0 Å². The summed E-state index contributed by atoms with van der Waals surface area (Å²) in [4.78, 5) is 22.3. The molecule has 0 saturated heterocycles. The molecule has 1 rings (SSSR count). The molecule has 1 amide bonds. The zero-order valence-electron chi connectivity index (χ0n) is 10.4. The number of carbonyl (C=O) groups is 2. The molecule has 0 aliphatic heterocycles. The second-order valence-electron chi connectivity index (χ2n) is 3.82. The predicted octanol–water partition coefficient (Wildman–Crippen LogP) is 1.50. The van der Waals surface area contributed by atoms with Crippen LogP contribution in [0.15, 0.2) is 24.3 Å². The van der Waals surface area contributed by atoms with E-state index in [1.807, 2.05) is 0 Å². The second kappa shape index (κ2) is 6.45. The molecular weight excluding hydrogens is 230 g/mol. The molecule has 4 heteroatoms. The molecule has 0 spiro atoms. The Kier molecular flexibility index (Phi) is 4.94. The first-order valence-corrected chi connectivity index (χ1v) is 5.53. The molecule has 1 N–H and O–H groups in total. The van der Waals surface area contributed by atoms with Gasteiger partial charge in [0, 0.05) is 13.5 Å². The van der Waals surface area contributed by atoms with Crippen molar-refractivity contribution in [3.8, 4) is 12.3 Å². The number of carbonyl (C=O) groups excluding carboxylic acids is 2. The maximum absolute atomic E-state index is 11.6. The Morgan fingerprint density at radius 1 is 1.39 bits per heavy atom. The van der Waals surface area contributed by atoms with Crippen LogP contribution in [0.25, 0.3) is 0 Å². The average Bonchev–Trinajstić information content (AvgIpc) is 2.36. The molecule has 4 nitrogen and oxygen atoms in total. The summed E-state index contributed by atoms with van der Waals surface area (Å²) in [6, 6.07) is 6.80. The maximum atomic E-state index is 11.6. The molecular formula is C14H15NO3. The first kappa shape index (κ1) is 13.8. The van der Waals surface area contributed by atoms with Crippen LogP contribution in [0.5, 0.6) is 0 Å². The maximum Gasteiger partial charge on any atom is 0.339 e. The number of benzene rings is 1. The van der Waals surface area contributed by atoms with Crippen LogP contribution in [0.3, 0.4) is 0 Å². The molecule has 0 aliphatic carbocycles. The van der Waals surface area contributed by atoms with E-state index in [1.165, 1.54) is 6.92 Å². The number of hydrogen-bond donors (Lipinski definition) is 1. The molecule has 0 saturated carbocycles. The van der Waals surface area contributed by atoms with Gasteiger partial charge in [-0.3, -0.25) is 4.79 Å². The lowest BCUT2D eigenvalue weighted by Crippen LogP contribution is -2.19. The van der Waals surface area contributed by atoms with Crippen LogP contribution in [-0.2, 0) is 16.1 Å². The zero-order chi connectivity index (χ0) is 13.5. The molecule has 18 heavy (non-hydrogen) atoms. The highest BCUT2D eigenvalue weighted by Gasteiger charge is 2.09. The third-order valence-electron chi connectivity index (χ3n) is 2.25. The summed E-state index contributed by atoms with van der Waals surface area (Å²) in [5.41, 5.74) is 1.34. The van der Waals surface area contributed by atoms with Crippen LogP contribution in [0.4, 0.5) is 0 Å². The number of hydrogen-bond acceptors (Lipinski definition) is 3. The first-order chi connectivity index (χ1) is 8.52. The molecule has 1 atom stereocenters. The van der Waals surface area contributed by atoms with Crippen molar-refractivity contribution in [1.82, 2.24) is 5.32 Å². The SMILES string of the molecule is C#C[C@H](C)OC(=O)c1ccc(CNC(C)=O)cc1. The van der Waals surface area contributed by atoms with Crippen LogP contribution in [0.2, 0.25) is 0 Å². The van der Waals surface area contributed by atoms with Crippen LogP contribution in [-0.4, -0.2) is 18.0 Å². The molecule has 0 unspecified atom stereocenters. The summed E-state index contributed by atoms with van der Waals surface area (Å²) in [6.45, 7) is 3.52. The summed E-state index contributed by atoms with van der Waals surface area (Å²) in [6.07, 6.45) is 4.58. The van der Waals surface area contributed by atoms with E-state index in [9.17, 15) is 9.59 Å². The van der Waals surface area contributed by atoms with Gasteiger partial charge in [-0.25, -0.2) is 4.79 Å².